The minimum absolute atomic E-state index is 0.292. The van der Waals surface area contributed by atoms with Crippen LogP contribution in [0.5, 0.6) is 0 Å². The third kappa shape index (κ3) is 3.75. The Balaban J connectivity index is 1.83. The van der Waals surface area contributed by atoms with E-state index in [0.717, 1.165) is 37.9 Å². The number of nitrogens with zero attached hydrogens (tertiary/aromatic N) is 2. The lowest BCUT2D eigenvalue weighted by Gasteiger charge is -2.33. The summed E-state index contributed by atoms with van der Waals surface area (Å²) in [5.74, 6) is -0.185. The molecule has 2 aliphatic heterocycles. The zero-order chi connectivity index (χ0) is 21.4. The highest BCUT2D eigenvalue weighted by Crippen LogP contribution is 2.39. The Kier molecular flexibility index (Phi) is 5.90. The van der Waals surface area contributed by atoms with Gasteiger partial charge in [-0.15, -0.1) is 0 Å². The zero-order valence-electron chi connectivity index (χ0n) is 17.1. The monoisotopic (exact) mass is 442 g/mol. The van der Waals surface area contributed by atoms with Crippen molar-refractivity contribution in [2.75, 3.05) is 18.0 Å². The molecule has 2 amide bonds. The molecule has 0 spiro atoms. The smallest absolute Gasteiger partial charge is 0.282 e. The molecule has 30 heavy (non-hydrogen) atoms. The van der Waals surface area contributed by atoms with Crippen LogP contribution in [-0.2, 0) is 16.0 Å². The Morgan fingerprint density at radius 3 is 2.40 bits per heavy atom. The average molecular weight is 443 g/mol. The van der Waals surface area contributed by atoms with Gasteiger partial charge in [-0.2, -0.15) is 0 Å². The number of benzene rings is 2. The summed E-state index contributed by atoms with van der Waals surface area (Å²) in [5, 5.41) is 0.852. The van der Waals surface area contributed by atoms with E-state index in [1.165, 1.54) is 4.90 Å². The number of likely N-dealkylation sites (tertiary alicyclic amines) is 1. The maximum atomic E-state index is 13.6. The van der Waals surface area contributed by atoms with Gasteiger partial charge in [0, 0.05) is 23.7 Å². The number of rotatable bonds is 4. The number of aryl methyl sites for hydroxylation is 1. The molecule has 2 aromatic rings. The Bertz CT molecular complexity index is 1030. The largest absolute Gasteiger partial charge is 0.366 e. The molecule has 6 heteroatoms. The summed E-state index contributed by atoms with van der Waals surface area (Å²) in [6, 6.07) is 12.6. The van der Waals surface area contributed by atoms with Gasteiger partial charge in [0.2, 0.25) is 0 Å². The molecule has 1 unspecified atom stereocenters. The third-order valence-electron chi connectivity index (χ3n) is 5.84. The average Bonchev–Trinajstić information content (AvgIpc) is 2.98. The molecule has 0 N–H and O–H groups in total. The number of hydrogen-bond donors (Lipinski definition) is 0. The van der Waals surface area contributed by atoms with Crippen LogP contribution in [-0.4, -0.2) is 29.8 Å². The number of anilines is 1. The number of carbonyl (C=O) groups excluding carboxylic acids is 2. The fourth-order valence-corrected chi connectivity index (χ4v) is 4.76. The van der Waals surface area contributed by atoms with Crippen molar-refractivity contribution in [3.05, 3.63) is 69.3 Å². The first-order valence-corrected chi connectivity index (χ1v) is 11.1. The Morgan fingerprint density at radius 1 is 1.03 bits per heavy atom. The quantitative estimate of drug-likeness (QED) is 0.580. The van der Waals surface area contributed by atoms with Crippen LogP contribution in [0.3, 0.4) is 0 Å². The maximum Gasteiger partial charge on any atom is 0.282 e. The molecule has 2 aromatic carbocycles. The summed E-state index contributed by atoms with van der Waals surface area (Å²) in [6.45, 7) is 5.73. The summed E-state index contributed by atoms with van der Waals surface area (Å²) in [5.41, 5.74) is 3.06. The fourth-order valence-electron chi connectivity index (χ4n) is 4.25. The second-order valence-corrected chi connectivity index (χ2v) is 8.85. The first-order chi connectivity index (χ1) is 14.4. The van der Waals surface area contributed by atoms with E-state index in [0.29, 0.717) is 38.5 Å². The molecule has 1 atom stereocenters. The predicted molar refractivity (Wildman–Crippen MR) is 122 cm³/mol. The molecule has 2 aliphatic rings. The van der Waals surface area contributed by atoms with Gasteiger partial charge in [0.15, 0.2) is 0 Å². The Hall–Kier alpha value is -2.30. The van der Waals surface area contributed by atoms with Crippen LogP contribution >= 0.6 is 23.2 Å². The van der Waals surface area contributed by atoms with Gasteiger partial charge < -0.3 is 4.90 Å². The first-order valence-electron chi connectivity index (χ1n) is 10.3. The van der Waals surface area contributed by atoms with Crippen molar-refractivity contribution in [3.63, 3.8) is 0 Å². The van der Waals surface area contributed by atoms with Crippen molar-refractivity contribution in [2.45, 2.75) is 33.1 Å². The van der Waals surface area contributed by atoms with E-state index in [2.05, 4.69) is 18.7 Å². The normalized spacial score (nSPS) is 19.8. The molecule has 1 fully saturated rings. The Labute approximate surface area is 187 Å². The van der Waals surface area contributed by atoms with Crippen molar-refractivity contribution < 1.29 is 9.59 Å². The molecule has 0 radical (unpaired) electrons. The Morgan fingerprint density at radius 2 is 1.77 bits per heavy atom. The molecule has 0 saturated carbocycles. The van der Waals surface area contributed by atoms with E-state index in [4.69, 9.17) is 23.2 Å². The number of carbonyl (C=O) groups is 2. The van der Waals surface area contributed by atoms with E-state index < -0.39 is 0 Å². The van der Waals surface area contributed by atoms with Crippen LogP contribution < -0.4 is 4.90 Å². The topological polar surface area (TPSA) is 40.6 Å². The van der Waals surface area contributed by atoms with E-state index in [1.54, 1.807) is 18.2 Å². The lowest BCUT2D eigenvalue weighted by atomic mass is 9.97. The van der Waals surface area contributed by atoms with Crippen LogP contribution in [0.25, 0.3) is 5.57 Å². The molecule has 0 aliphatic carbocycles. The van der Waals surface area contributed by atoms with E-state index in [9.17, 15) is 9.59 Å². The molecule has 1 saturated heterocycles. The van der Waals surface area contributed by atoms with Gasteiger partial charge in [0.05, 0.1) is 16.3 Å². The first kappa shape index (κ1) is 21.0. The van der Waals surface area contributed by atoms with Crippen molar-refractivity contribution in [1.82, 2.24) is 4.90 Å². The van der Waals surface area contributed by atoms with Gasteiger partial charge in [0.1, 0.15) is 5.70 Å². The van der Waals surface area contributed by atoms with Crippen LogP contribution in [0, 0.1) is 5.92 Å². The lowest BCUT2D eigenvalue weighted by molar-refractivity contribution is -0.120. The second-order valence-electron chi connectivity index (χ2n) is 8.01. The number of piperidine rings is 1. The van der Waals surface area contributed by atoms with Gasteiger partial charge in [-0.25, -0.2) is 4.90 Å². The molecular weight excluding hydrogens is 419 g/mol. The minimum Gasteiger partial charge on any atom is -0.366 e. The number of halogens is 2. The highest BCUT2D eigenvalue weighted by Gasteiger charge is 2.43. The summed E-state index contributed by atoms with van der Waals surface area (Å²) in [6.07, 6.45) is 2.99. The van der Waals surface area contributed by atoms with Gasteiger partial charge in [-0.3, -0.25) is 9.59 Å². The number of imide groups is 1. The van der Waals surface area contributed by atoms with E-state index in [1.807, 2.05) is 24.3 Å². The van der Waals surface area contributed by atoms with Crippen molar-refractivity contribution >= 4 is 46.3 Å². The number of amides is 2. The standard InChI is InChI=1S/C24H24Cl2N2O2/c1-3-16-6-9-18(10-7-16)28-23(29)21(19-11-8-17(25)13-20(19)26)22(24(28)30)27-12-4-5-15(2)14-27/h6-11,13,15H,3-5,12,14H2,1-2H3. The van der Waals surface area contributed by atoms with Crippen molar-refractivity contribution in [2.24, 2.45) is 5.92 Å². The van der Waals surface area contributed by atoms with Gasteiger partial charge >= 0.3 is 0 Å². The summed E-state index contributed by atoms with van der Waals surface area (Å²) in [7, 11) is 0. The molecular formula is C24H24Cl2N2O2. The number of hydrogen-bond acceptors (Lipinski definition) is 3. The molecule has 4 rings (SSSR count). The van der Waals surface area contributed by atoms with Crippen LogP contribution in [0.4, 0.5) is 5.69 Å². The SMILES string of the molecule is CCc1ccc(N2C(=O)C(c3ccc(Cl)cc3Cl)=C(N3CCCC(C)C3)C2=O)cc1. The van der Waals surface area contributed by atoms with Crippen LogP contribution in [0.1, 0.15) is 37.8 Å². The van der Waals surface area contributed by atoms with Crippen LogP contribution in [0.15, 0.2) is 48.2 Å². The zero-order valence-corrected chi connectivity index (χ0v) is 18.6. The minimum atomic E-state index is -0.346. The van der Waals surface area contributed by atoms with Crippen LogP contribution in [0.2, 0.25) is 10.0 Å². The third-order valence-corrected chi connectivity index (χ3v) is 6.38. The molecule has 4 nitrogen and oxygen atoms in total. The molecule has 2 heterocycles. The lowest BCUT2D eigenvalue weighted by Crippen LogP contribution is -2.39. The highest BCUT2D eigenvalue weighted by molar-refractivity contribution is 6.47. The summed E-state index contributed by atoms with van der Waals surface area (Å²) in [4.78, 5) is 30.5. The van der Waals surface area contributed by atoms with Gasteiger partial charge in [0.25, 0.3) is 11.8 Å². The molecule has 0 aromatic heterocycles. The van der Waals surface area contributed by atoms with Gasteiger partial charge in [-0.1, -0.05) is 55.2 Å². The summed E-state index contributed by atoms with van der Waals surface area (Å²) >= 11 is 12.5. The molecule has 156 valence electrons. The molecule has 0 bridgehead atoms. The van der Waals surface area contributed by atoms with Crippen molar-refractivity contribution in [1.29, 1.82) is 0 Å². The van der Waals surface area contributed by atoms with E-state index >= 15 is 0 Å². The maximum absolute atomic E-state index is 13.6. The fraction of sp³-hybridized carbons (Fsp3) is 0.333. The predicted octanol–water partition coefficient (Wildman–Crippen LogP) is 5.57. The summed E-state index contributed by atoms with van der Waals surface area (Å²) < 4.78 is 0. The highest BCUT2D eigenvalue weighted by atomic mass is 35.5. The van der Waals surface area contributed by atoms with E-state index in [-0.39, 0.29) is 11.8 Å². The van der Waals surface area contributed by atoms with Gasteiger partial charge in [-0.05, 0) is 55.0 Å². The van der Waals surface area contributed by atoms with Crippen molar-refractivity contribution in [3.8, 4) is 0 Å². The second kappa shape index (κ2) is 8.44.